The maximum absolute atomic E-state index is 10.4. The molecule has 1 rings (SSSR count). The number of nitrogens with zero attached hydrogens (tertiary/aromatic N) is 4. The average molecular weight is 185 g/mol. The monoisotopic (exact) mass is 185 g/mol. The highest BCUT2D eigenvalue weighted by molar-refractivity contribution is 5.32. The topological polar surface area (TPSA) is 93.0 Å². The number of nitrogens with one attached hydrogen (secondary N) is 1. The number of aromatic nitrogens is 4. The summed E-state index contributed by atoms with van der Waals surface area (Å²) in [4.78, 5) is 22.7. The highest BCUT2D eigenvalue weighted by atomic mass is 16.2. The molecule has 1 aromatic rings. The Morgan fingerprint density at radius 2 is 2.31 bits per heavy atom. The summed E-state index contributed by atoms with van der Waals surface area (Å²) < 4.78 is 1.24. The molecule has 0 amide bonds. The number of rotatable bonds is 2. The van der Waals surface area contributed by atoms with Crippen molar-refractivity contribution in [1.29, 1.82) is 0 Å². The van der Waals surface area contributed by atoms with Crippen molar-refractivity contribution in [2.45, 2.75) is 20.4 Å². The quantitative estimate of drug-likeness (QED) is 0.488. The van der Waals surface area contributed by atoms with Crippen LogP contribution in [-0.2, 0) is 11.3 Å². The molecule has 0 fully saturated rings. The SMILES string of the molecule is CCN=C=O.CCn1nn[nH]c1=O. The summed E-state index contributed by atoms with van der Waals surface area (Å²) >= 11 is 0. The van der Waals surface area contributed by atoms with Crippen molar-refractivity contribution in [3.63, 3.8) is 0 Å². The molecule has 0 aliphatic rings. The van der Waals surface area contributed by atoms with Crippen LogP contribution in [0, 0.1) is 0 Å². The molecule has 1 heterocycles. The third-order valence-corrected chi connectivity index (χ3v) is 1.05. The Labute approximate surface area is 74.5 Å². The second-order valence-corrected chi connectivity index (χ2v) is 1.89. The molecule has 0 radical (unpaired) electrons. The zero-order valence-corrected chi connectivity index (χ0v) is 7.52. The number of hydrogen-bond donors (Lipinski definition) is 1. The molecule has 0 bridgehead atoms. The first-order valence-electron chi connectivity index (χ1n) is 3.78. The number of tetrazole rings is 1. The number of aliphatic imine (C=N–C) groups is 1. The van der Waals surface area contributed by atoms with Gasteiger partial charge in [-0.2, -0.15) is 4.68 Å². The van der Waals surface area contributed by atoms with Crippen LogP contribution in [0.3, 0.4) is 0 Å². The Hall–Kier alpha value is -1.75. The fourth-order valence-corrected chi connectivity index (χ4v) is 0.489. The maximum atomic E-state index is 10.4. The molecule has 0 aliphatic carbocycles. The predicted molar refractivity (Wildman–Crippen MR) is 45.0 cm³/mol. The summed E-state index contributed by atoms with van der Waals surface area (Å²) in [6.07, 6.45) is 1.39. The van der Waals surface area contributed by atoms with Crippen LogP contribution >= 0.6 is 0 Å². The molecule has 0 saturated heterocycles. The fourth-order valence-electron chi connectivity index (χ4n) is 0.489. The van der Waals surface area contributed by atoms with Crippen LogP contribution in [0.25, 0.3) is 0 Å². The Bertz CT molecular complexity index is 322. The molecule has 0 spiro atoms. The molecular weight excluding hydrogens is 174 g/mol. The van der Waals surface area contributed by atoms with Crippen LogP contribution < -0.4 is 5.69 Å². The number of hydrogen-bond acceptors (Lipinski definition) is 5. The number of carbonyl (C=O) groups excluding carboxylic acids is 1. The first-order valence-corrected chi connectivity index (χ1v) is 3.78. The number of H-pyrrole nitrogens is 1. The molecule has 13 heavy (non-hydrogen) atoms. The fraction of sp³-hybridized carbons (Fsp3) is 0.667. The Morgan fingerprint density at radius 3 is 2.46 bits per heavy atom. The van der Waals surface area contributed by atoms with Gasteiger partial charge in [0.25, 0.3) is 0 Å². The summed E-state index contributed by atoms with van der Waals surface area (Å²) in [5.74, 6) is 0. The molecule has 1 aromatic heterocycles. The molecule has 1 N–H and O–H groups in total. The van der Waals surface area contributed by atoms with Crippen LogP contribution in [0.4, 0.5) is 0 Å². The third kappa shape index (κ3) is 4.65. The van der Waals surface area contributed by atoms with E-state index in [1.807, 2.05) is 6.92 Å². The molecule has 7 nitrogen and oxygen atoms in total. The van der Waals surface area contributed by atoms with Gasteiger partial charge in [0.1, 0.15) is 0 Å². The first-order chi connectivity index (χ1) is 6.26. The van der Waals surface area contributed by atoms with E-state index in [2.05, 4.69) is 20.5 Å². The molecular formula is C6H11N5O2. The van der Waals surface area contributed by atoms with Gasteiger partial charge in [-0.25, -0.2) is 19.7 Å². The van der Waals surface area contributed by atoms with Crippen molar-refractivity contribution in [2.75, 3.05) is 6.54 Å². The van der Waals surface area contributed by atoms with Crippen LogP contribution in [0.1, 0.15) is 13.8 Å². The first kappa shape index (κ1) is 11.2. The van der Waals surface area contributed by atoms with Crippen molar-refractivity contribution in [3.8, 4) is 0 Å². The van der Waals surface area contributed by atoms with Crippen molar-refractivity contribution in [2.24, 2.45) is 4.99 Å². The van der Waals surface area contributed by atoms with Crippen LogP contribution in [0.2, 0.25) is 0 Å². The van der Waals surface area contributed by atoms with Gasteiger partial charge in [-0.3, -0.25) is 0 Å². The lowest BCUT2D eigenvalue weighted by Crippen LogP contribution is -2.16. The lowest BCUT2D eigenvalue weighted by atomic mass is 10.8. The molecule has 7 heteroatoms. The van der Waals surface area contributed by atoms with Gasteiger partial charge < -0.3 is 0 Å². The van der Waals surface area contributed by atoms with E-state index in [1.165, 1.54) is 10.8 Å². The standard InChI is InChI=1S/C3H6N4O.C3H5NO/c1-2-7-3(8)4-5-6-7;1-2-4-3-5/h2H2,1H3,(H,4,6,8);2H2,1H3. The second-order valence-electron chi connectivity index (χ2n) is 1.89. The minimum Gasteiger partial charge on any atom is -0.245 e. The normalized spacial score (nSPS) is 8.15. The van der Waals surface area contributed by atoms with Gasteiger partial charge in [-0.1, -0.05) is 0 Å². The zero-order valence-electron chi connectivity index (χ0n) is 7.52. The number of isocyanates is 1. The molecule has 0 atom stereocenters. The highest BCUT2D eigenvalue weighted by Gasteiger charge is 1.90. The van der Waals surface area contributed by atoms with Gasteiger partial charge in [0.05, 0.1) is 0 Å². The third-order valence-electron chi connectivity index (χ3n) is 1.05. The van der Waals surface area contributed by atoms with Crippen molar-refractivity contribution in [1.82, 2.24) is 20.2 Å². The maximum Gasteiger partial charge on any atom is 0.361 e. The van der Waals surface area contributed by atoms with Crippen LogP contribution in [0.5, 0.6) is 0 Å². The molecule has 0 saturated carbocycles. The van der Waals surface area contributed by atoms with Gasteiger partial charge >= 0.3 is 5.69 Å². The van der Waals surface area contributed by atoms with E-state index in [4.69, 9.17) is 4.79 Å². The van der Waals surface area contributed by atoms with E-state index in [9.17, 15) is 4.79 Å². The van der Waals surface area contributed by atoms with Crippen molar-refractivity contribution >= 4 is 6.08 Å². The summed E-state index contributed by atoms with van der Waals surface area (Å²) in [7, 11) is 0. The van der Waals surface area contributed by atoms with Gasteiger partial charge in [0.15, 0.2) is 0 Å². The smallest absolute Gasteiger partial charge is 0.245 e. The zero-order chi connectivity index (χ0) is 10.1. The van der Waals surface area contributed by atoms with Crippen molar-refractivity contribution in [3.05, 3.63) is 10.5 Å². The van der Waals surface area contributed by atoms with Crippen molar-refractivity contribution < 1.29 is 4.79 Å². The summed E-state index contributed by atoms with van der Waals surface area (Å²) in [6, 6.07) is 0. The molecule has 0 aromatic carbocycles. The van der Waals surface area contributed by atoms with E-state index in [0.29, 0.717) is 13.1 Å². The van der Waals surface area contributed by atoms with E-state index in [-0.39, 0.29) is 5.69 Å². The number of aryl methyl sites for hydroxylation is 1. The van der Waals surface area contributed by atoms with E-state index < -0.39 is 0 Å². The second kappa shape index (κ2) is 6.93. The van der Waals surface area contributed by atoms with E-state index >= 15 is 0 Å². The summed E-state index contributed by atoms with van der Waals surface area (Å²) in [5, 5.41) is 8.87. The van der Waals surface area contributed by atoms with E-state index in [0.717, 1.165) is 0 Å². The molecule has 0 aliphatic heterocycles. The largest absolute Gasteiger partial charge is 0.361 e. The van der Waals surface area contributed by atoms with E-state index in [1.54, 1.807) is 6.92 Å². The van der Waals surface area contributed by atoms with Crippen LogP contribution in [0.15, 0.2) is 9.79 Å². The molecule has 72 valence electrons. The van der Waals surface area contributed by atoms with Crippen LogP contribution in [-0.4, -0.2) is 32.8 Å². The van der Waals surface area contributed by atoms with Gasteiger partial charge in [-0.05, 0) is 24.3 Å². The lowest BCUT2D eigenvalue weighted by Gasteiger charge is -1.82. The van der Waals surface area contributed by atoms with Gasteiger partial charge in [0.2, 0.25) is 6.08 Å². The summed E-state index contributed by atoms with van der Waals surface area (Å²) in [6.45, 7) is 4.72. The Kier molecular flexibility index (Phi) is 6.00. The lowest BCUT2D eigenvalue weighted by molar-refractivity contribution is 0.563. The Morgan fingerprint density at radius 1 is 1.62 bits per heavy atom. The summed E-state index contributed by atoms with van der Waals surface area (Å²) in [5.41, 5.74) is -0.257. The highest BCUT2D eigenvalue weighted by Crippen LogP contribution is 1.62. The van der Waals surface area contributed by atoms with Gasteiger partial charge in [-0.15, -0.1) is 0 Å². The minimum absolute atomic E-state index is 0.257. The predicted octanol–water partition coefficient (Wildman–Crippen LogP) is -0.672. The Balaban J connectivity index is 0.000000252. The van der Waals surface area contributed by atoms with Gasteiger partial charge in [0, 0.05) is 13.1 Å². The average Bonchev–Trinajstić information content (AvgIpc) is 2.53. The molecule has 0 unspecified atom stereocenters. The minimum atomic E-state index is -0.257. The number of aromatic amines is 1.